The number of imidazole rings is 1. The lowest BCUT2D eigenvalue weighted by molar-refractivity contribution is -0.122. The summed E-state index contributed by atoms with van der Waals surface area (Å²) in [5, 5.41) is 4.10. The first-order valence-electron chi connectivity index (χ1n) is 7.62. The molecule has 0 unspecified atom stereocenters. The molecular weight excluding hydrogens is 344 g/mol. The minimum Gasteiger partial charge on any atom is -0.335 e. The summed E-state index contributed by atoms with van der Waals surface area (Å²) in [7, 11) is 0. The van der Waals surface area contributed by atoms with Crippen molar-refractivity contribution in [3.05, 3.63) is 58.8 Å². The summed E-state index contributed by atoms with van der Waals surface area (Å²) in [5.74, 6) is 0.865. The van der Waals surface area contributed by atoms with E-state index in [0.717, 1.165) is 24.4 Å². The van der Waals surface area contributed by atoms with Crippen LogP contribution in [0.4, 0.5) is 0 Å². The van der Waals surface area contributed by atoms with Gasteiger partial charge in [0.2, 0.25) is 0 Å². The summed E-state index contributed by atoms with van der Waals surface area (Å²) in [5.41, 5.74) is 1.38. The van der Waals surface area contributed by atoms with Crippen molar-refractivity contribution in [1.82, 2.24) is 19.8 Å². The van der Waals surface area contributed by atoms with Crippen molar-refractivity contribution in [3.63, 3.8) is 0 Å². The Morgan fingerprint density at radius 2 is 2.04 bits per heavy atom. The van der Waals surface area contributed by atoms with Gasteiger partial charge in [-0.3, -0.25) is 9.69 Å². The number of carbonyl (C=O) groups is 1. The van der Waals surface area contributed by atoms with Crippen LogP contribution in [0.3, 0.4) is 0 Å². The number of benzene rings is 1. The predicted molar refractivity (Wildman–Crippen MR) is 98.5 cm³/mol. The second kappa shape index (κ2) is 7.15. The smallest absolute Gasteiger partial charge is 0.276 e. The molecule has 124 valence electrons. The highest BCUT2D eigenvalue weighted by atomic mass is 35.5. The molecule has 0 bridgehead atoms. The highest BCUT2D eigenvalue weighted by Crippen LogP contribution is 2.16. The summed E-state index contributed by atoms with van der Waals surface area (Å²) in [4.78, 5) is 18.3. The molecule has 1 fully saturated rings. The zero-order valence-corrected chi connectivity index (χ0v) is 14.8. The summed E-state index contributed by atoms with van der Waals surface area (Å²) in [6.45, 7) is 3.33. The van der Waals surface area contributed by atoms with Gasteiger partial charge in [0, 0.05) is 30.5 Å². The van der Waals surface area contributed by atoms with Gasteiger partial charge in [0.15, 0.2) is 5.11 Å². The summed E-state index contributed by atoms with van der Waals surface area (Å²) in [6.07, 6.45) is 6.29. The van der Waals surface area contributed by atoms with Gasteiger partial charge in [0.25, 0.3) is 5.91 Å². The average molecular weight is 361 g/mol. The molecule has 0 saturated carbocycles. The molecule has 24 heavy (non-hydrogen) atoms. The first-order valence-corrected chi connectivity index (χ1v) is 8.41. The van der Waals surface area contributed by atoms with E-state index in [0.29, 0.717) is 22.4 Å². The van der Waals surface area contributed by atoms with Gasteiger partial charge in [-0.15, -0.1) is 0 Å². The molecule has 2 aromatic rings. The Balaban J connectivity index is 1.63. The third kappa shape index (κ3) is 3.66. The first kappa shape index (κ1) is 16.7. The van der Waals surface area contributed by atoms with E-state index in [-0.39, 0.29) is 5.91 Å². The van der Waals surface area contributed by atoms with Gasteiger partial charge in [0.1, 0.15) is 11.5 Å². The van der Waals surface area contributed by atoms with E-state index in [9.17, 15) is 4.79 Å². The van der Waals surface area contributed by atoms with Crippen LogP contribution in [-0.2, 0) is 11.3 Å². The van der Waals surface area contributed by atoms with Gasteiger partial charge in [0.05, 0.1) is 0 Å². The Hall–Kier alpha value is -2.18. The van der Waals surface area contributed by atoms with Crippen LogP contribution in [0.5, 0.6) is 0 Å². The zero-order valence-electron chi connectivity index (χ0n) is 13.2. The molecule has 1 aromatic heterocycles. The molecule has 5 nitrogen and oxygen atoms in total. The van der Waals surface area contributed by atoms with E-state index < -0.39 is 0 Å². The lowest BCUT2D eigenvalue weighted by Crippen LogP contribution is -2.32. The fraction of sp³-hybridized carbons (Fsp3) is 0.235. The molecule has 1 aliphatic heterocycles. The van der Waals surface area contributed by atoms with Crippen molar-refractivity contribution in [2.45, 2.75) is 19.9 Å². The number of aryl methyl sites for hydroxylation is 2. The van der Waals surface area contributed by atoms with Crippen molar-refractivity contribution in [1.29, 1.82) is 0 Å². The number of amides is 1. The van der Waals surface area contributed by atoms with Crippen LogP contribution in [0.2, 0.25) is 5.02 Å². The molecule has 0 spiro atoms. The van der Waals surface area contributed by atoms with E-state index >= 15 is 0 Å². The minimum atomic E-state index is -0.0997. The average Bonchev–Trinajstić information content (AvgIpc) is 3.08. The molecule has 2 heterocycles. The first-order chi connectivity index (χ1) is 11.5. The summed E-state index contributed by atoms with van der Waals surface area (Å²) in [6, 6.07) is 7.30. The van der Waals surface area contributed by atoms with Crippen LogP contribution in [0.15, 0.2) is 42.4 Å². The second-order valence-electron chi connectivity index (χ2n) is 5.52. The van der Waals surface area contributed by atoms with Crippen molar-refractivity contribution in [2.24, 2.45) is 0 Å². The van der Waals surface area contributed by atoms with Crippen LogP contribution in [0, 0.1) is 6.92 Å². The molecular formula is C17H17ClN4OS. The van der Waals surface area contributed by atoms with Gasteiger partial charge >= 0.3 is 0 Å². The highest BCUT2D eigenvalue weighted by molar-refractivity contribution is 7.80. The van der Waals surface area contributed by atoms with Crippen LogP contribution in [0.25, 0.3) is 6.08 Å². The number of hydrogen-bond donors (Lipinski definition) is 1. The number of aromatic nitrogens is 2. The molecule has 1 saturated heterocycles. The number of halogens is 1. The van der Waals surface area contributed by atoms with Crippen LogP contribution >= 0.6 is 23.8 Å². The van der Waals surface area contributed by atoms with Crippen molar-refractivity contribution >= 4 is 40.9 Å². The van der Waals surface area contributed by atoms with Gasteiger partial charge in [-0.05, 0) is 49.3 Å². The largest absolute Gasteiger partial charge is 0.335 e. The van der Waals surface area contributed by atoms with Gasteiger partial charge < -0.3 is 9.88 Å². The van der Waals surface area contributed by atoms with Crippen molar-refractivity contribution in [2.75, 3.05) is 6.54 Å². The second-order valence-corrected chi connectivity index (χ2v) is 6.34. The Morgan fingerprint density at radius 3 is 2.71 bits per heavy atom. The third-order valence-corrected chi connectivity index (χ3v) is 4.42. The SMILES string of the molecule is Cc1nccn1CCCN1C(=O)/C(=C/c2ccc(Cl)cc2)NC1=S. The van der Waals surface area contributed by atoms with E-state index in [1.165, 1.54) is 0 Å². The molecule has 0 radical (unpaired) electrons. The number of nitrogens with one attached hydrogen (secondary N) is 1. The number of rotatable bonds is 5. The lowest BCUT2D eigenvalue weighted by atomic mass is 10.2. The van der Waals surface area contributed by atoms with E-state index in [4.69, 9.17) is 23.8 Å². The highest BCUT2D eigenvalue weighted by Gasteiger charge is 2.29. The summed E-state index contributed by atoms with van der Waals surface area (Å²) < 4.78 is 2.06. The Labute approximate surface area is 150 Å². The Morgan fingerprint density at radius 1 is 1.29 bits per heavy atom. The quantitative estimate of drug-likeness (QED) is 0.658. The fourth-order valence-corrected chi connectivity index (χ4v) is 2.95. The molecule has 7 heteroatoms. The Kier molecular flexibility index (Phi) is 4.97. The van der Waals surface area contributed by atoms with Crippen molar-refractivity contribution < 1.29 is 4.79 Å². The van der Waals surface area contributed by atoms with Crippen molar-refractivity contribution in [3.8, 4) is 0 Å². The maximum absolute atomic E-state index is 12.5. The molecule has 3 rings (SSSR count). The minimum absolute atomic E-state index is 0.0997. The van der Waals surface area contributed by atoms with E-state index in [1.807, 2.05) is 25.3 Å². The fourth-order valence-electron chi connectivity index (χ4n) is 2.54. The molecule has 1 aliphatic rings. The number of hydrogen-bond acceptors (Lipinski definition) is 3. The molecule has 1 aromatic carbocycles. The van der Waals surface area contributed by atoms with E-state index in [2.05, 4.69) is 14.9 Å². The standard InChI is InChI=1S/C17H17ClN4OS/c1-12-19-7-10-21(12)8-2-9-22-16(23)15(20-17(22)24)11-13-3-5-14(18)6-4-13/h3-7,10-11H,2,8-9H2,1H3,(H,20,24)/b15-11-. The topological polar surface area (TPSA) is 50.2 Å². The molecule has 1 amide bonds. The number of nitrogens with zero attached hydrogens (tertiary/aromatic N) is 3. The van der Waals surface area contributed by atoms with E-state index in [1.54, 1.807) is 29.3 Å². The van der Waals surface area contributed by atoms with Gasteiger partial charge in [-0.25, -0.2) is 4.98 Å². The predicted octanol–water partition coefficient (Wildman–Crippen LogP) is 2.99. The maximum Gasteiger partial charge on any atom is 0.276 e. The maximum atomic E-state index is 12.5. The monoisotopic (exact) mass is 360 g/mol. The van der Waals surface area contributed by atoms with Crippen LogP contribution < -0.4 is 5.32 Å². The van der Waals surface area contributed by atoms with Crippen LogP contribution in [-0.4, -0.2) is 32.0 Å². The normalized spacial score (nSPS) is 16.1. The summed E-state index contributed by atoms with van der Waals surface area (Å²) >= 11 is 11.2. The Bertz CT molecular complexity index is 797. The zero-order chi connectivity index (χ0) is 17.1. The van der Waals surface area contributed by atoms with Gasteiger partial charge in [-0.2, -0.15) is 0 Å². The number of carbonyl (C=O) groups excluding carboxylic acids is 1. The molecule has 1 N–H and O–H groups in total. The molecule has 0 aliphatic carbocycles. The lowest BCUT2D eigenvalue weighted by Gasteiger charge is -2.14. The molecule has 0 atom stereocenters. The number of thiocarbonyl (C=S) groups is 1. The van der Waals surface area contributed by atoms with Crippen LogP contribution in [0.1, 0.15) is 17.8 Å². The third-order valence-electron chi connectivity index (χ3n) is 3.85. The van der Waals surface area contributed by atoms with Gasteiger partial charge in [-0.1, -0.05) is 23.7 Å².